The van der Waals surface area contributed by atoms with Crippen LogP contribution in [0.25, 0.3) is 0 Å². The van der Waals surface area contributed by atoms with E-state index in [1.165, 1.54) is 5.56 Å². The summed E-state index contributed by atoms with van der Waals surface area (Å²) in [5.41, 5.74) is 2.31. The summed E-state index contributed by atoms with van der Waals surface area (Å²) in [6.45, 7) is 2.87. The number of nitrogens with zero attached hydrogens (tertiary/aromatic N) is 1. The molecule has 1 aromatic carbocycles. The Morgan fingerprint density at radius 1 is 1.21 bits per heavy atom. The van der Waals surface area contributed by atoms with Gasteiger partial charge in [-0.05, 0) is 36.2 Å². The Hall–Kier alpha value is -1.35. The fourth-order valence-corrected chi connectivity index (χ4v) is 2.46. The van der Waals surface area contributed by atoms with Gasteiger partial charge < -0.3 is 4.74 Å². The van der Waals surface area contributed by atoms with Crippen LogP contribution in [0.5, 0.6) is 5.75 Å². The molecular formula is C16H18BrNO. The monoisotopic (exact) mass is 319 g/mol. The summed E-state index contributed by atoms with van der Waals surface area (Å²) in [6.07, 6.45) is 3.73. The van der Waals surface area contributed by atoms with Crippen LogP contribution in [0.3, 0.4) is 0 Å². The Morgan fingerprint density at radius 2 is 2.11 bits per heavy atom. The van der Waals surface area contributed by atoms with Gasteiger partial charge in [0.1, 0.15) is 5.75 Å². The predicted octanol–water partition coefficient (Wildman–Crippen LogP) is 4.55. The molecule has 0 aliphatic heterocycles. The van der Waals surface area contributed by atoms with Crippen LogP contribution in [-0.4, -0.2) is 11.6 Å². The lowest BCUT2D eigenvalue weighted by molar-refractivity contribution is 0.317. The molecule has 2 nitrogen and oxygen atoms in total. The average Bonchev–Trinajstić information content (AvgIpc) is 2.46. The van der Waals surface area contributed by atoms with Crippen molar-refractivity contribution >= 4 is 15.9 Å². The molecule has 0 spiro atoms. The topological polar surface area (TPSA) is 22.1 Å². The van der Waals surface area contributed by atoms with E-state index in [2.05, 4.69) is 40.0 Å². The second kappa shape index (κ2) is 7.29. The van der Waals surface area contributed by atoms with Crippen molar-refractivity contribution in [1.82, 2.24) is 4.98 Å². The first-order valence-electron chi connectivity index (χ1n) is 6.56. The molecule has 1 atom stereocenters. The summed E-state index contributed by atoms with van der Waals surface area (Å²) >= 11 is 3.73. The molecule has 3 heteroatoms. The molecule has 0 radical (unpaired) electrons. The first-order valence-corrected chi connectivity index (χ1v) is 7.48. The molecule has 1 unspecified atom stereocenters. The van der Waals surface area contributed by atoms with E-state index in [0.717, 1.165) is 30.9 Å². The number of aromatic nitrogens is 1. The van der Waals surface area contributed by atoms with Gasteiger partial charge in [-0.1, -0.05) is 41.1 Å². The largest absolute Gasteiger partial charge is 0.494 e. The lowest BCUT2D eigenvalue weighted by atomic mass is 10.1. The number of hydrogen-bond acceptors (Lipinski definition) is 2. The molecule has 19 heavy (non-hydrogen) atoms. The maximum atomic E-state index is 5.66. The van der Waals surface area contributed by atoms with Gasteiger partial charge in [-0.3, -0.25) is 4.98 Å². The molecule has 0 saturated carbocycles. The number of halogens is 1. The molecule has 1 heterocycles. The van der Waals surface area contributed by atoms with Gasteiger partial charge in [-0.15, -0.1) is 0 Å². The van der Waals surface area contributed by atoms with E-state index >= 15 is 0 Å². The minimum atomic E-state index is 0.257. The van der Waals surface area contributed by atoms with Crippen LogP contribution in [-0.2, 0) is 6.42 Å². The second-order valence-corrected chi connectivity index (χ2v) is 5.52. The zero-order valence-electron chi connectivity index (χ0n) is 11.1. The van der Waals surface area contributed by atoms with Gasteiger partial charge in [0.15, 0.2) is 0 Å². The Balaban J connectivity index is 2.04. The second-order valence-electron chi connectivity index (χ2n) is 4.41. The number of rotatable bonds is 6. The first-order chi connectivity index (χ1) is 9.29. The third-order valence-corrected chi connectivity index (χ3v) is 3.66. The van der Waals surface area contributed by atoms with Crippen molar-refractivity contribution in [2.75, 3.05) is 6.61 Å². The van der Waals surface area contributed by atoms with Gasteiger partial charge in [0, 0.05) is 23.1 Å². The third kappa shape index (κ3) is 4.35. The Bertz CT molecular complexity index is 501. The van der Waals surface area contributed by atoms with Crippen LogP contribution in [0.4, 0.5) is 0 Å². The molecule has 0 fully saturated rings. The van der Waals surface area contributed by atoms with Crippen molar-refractivity contribution < 1.29 is 4.74 Å². The van der Waals surface area contributed by atoms with Crippen LogP contribution >= 0.6 is 15.9 Å². The number of hydrogen-bond donors (Lipinski definition) is 0. The zero-order chi connectivity index (χ0) is 13.5. The summed E-state index contributed by atoms with van der Waals surface area (Å²) in [6, 6.07) is 14.2. The molecular weight excluding hydrogens is 302 g/mol. The summed E-state index contributed by atoms with van der Waals surface area (Å²) < 4.78 is 5.66. The van der Waals surface area contributed by atoms with Crippen molar-refractivity contribution in [3.8, 4) is 5.75 Å². The molecule has 0 aliphatic rings. The van der Waals surface area contributed by atoms with Crippen molar-refractivity contribution in [2.45, 2.75) is 24.6 Å². The van der Waals surface area contributed by atoms with E-state index in [1.54, 1.807) is 0 Å². The summed E-state index contributed by atoms with van der Waals surface area (Å²) in [4.78, 5) is 4.61. The lowest BCUT2D eigenvalue weighted by Gasteiger charge is -2.12. The minimum absolute atomic E-state index is 0.257. The van der Waals surface area contributed by atoms with Gasteiger partial charge in [0.2, 0.25) is 0 Å². The minimum Gasteiger partial charge on any atom is -0.494 e. The molecule has 0 aliphatic carbocycles. The highest BCUT2D eigenvalue weighted by molar-refractivity contribution is 9.09. The Labute approximate surface area is 123 Å². The van der Waals surface area contributed by atoms with Gasteiger partial charge >= 0.3 is 0 Å². The third-order valence-electron chi connectivity index (χ3n) is 2.81. The maximum absolute atomic E-state index is 5.66. The number of pyridine rings is 1. The highest BCUT2D eigenvalue weighted by atomic mass is 79.9. The standard InChI is InChI=1S/C16H18BrNO/c1-2-10-19-15-8-5-6-13(11-15)16(17)12-14-7-3-4-9-18-14/h3-9,11,16H,2,10,12H2,1H3. The fourth-order valence-electron chi connectivity index (χ4n) is 1.84. The van der Waals surface area contributed by atoms with Crippen LogP contribution in [0.1, 0.15) is 29.4 Å². The number of ether oxygens (including phenoxy) is 1. The molecule has 0 bridgehead atoms. The molecule has 0 amide bonds. The van der Waals surface area contributed by atoms with Crippen molar-refractivity contribution in [1.29, 1.82) is 0 Å². The molecule has 2 rings (SSSR count). The van der Waals surface area contributed by atoms with Crippen molar-refractivity contribution in [2.24, 2.45) is 0 Å². The Morgan fingerprint density at radius 3 is 2.84 bits per heavy atom. The zero-order valence-corrected chi connectivity index (χ0v) is 12.6. The van der Waals surface area contributed by atoms with E-state index < -0.39 is 0 Å². The van der Waals surface area contributed by atoms with Crippen LogP contribution in [0, 0.1) is 0 Å². The van der Waals surface area contributed by atoms with Crippen molar-refractivity contribution in [3.63, 3.8) is 0 Å². The number of benzene rings is 1. The van der Waals surface area contributed by atoms with Gasteiger partial charge in [0.25, 0.3) is 0 Å². The van der Waals surface area contributed by atoms with Crippen LogP contribution < -0.4 is 4.74 Å². The summed E-state index contributed by atoms with van der Waals surface area (Å²) in [5, 5.41) is 0. The summed E-state index contributed by atoms with van der Waals surface area (Å²) in [7, 11) is 0. The first kappa shape index (κ1) is 14.1. The summed E-state index contributed by atoms with van der Waals surface area (Å²) in [5.74, 6) is 0.935. The maximum Gasteiger partial charge on any atom is 0.119 e. The Kier molecular flexibility index (Phi) is 5.40. The molecule has 0 saturated heterocycles. The van der Waals surface area contributed by atoms with Gasteiger partial charge in [0.05, 0.1) is 6.61 Å². The van der Waals surface area contributed by atoms with Gasteiger partial charge in [-0.2, -0.15) is 0 Å². The van der Waals surface area contributed by atoms with E-state index in [0.29, 0.717) is 0 Å². The number of alkyl halides is 1. The van der Waals surface area contributed by atoms with Crippen molar-refractivity contribution in [3.05, 3.63) is 59.9 Å². The van der Waals surface area contributed by atoms with E-state index in [4.69, 9.17) is 4.74 Å². The smallest absolute Gasteiger partial charge is 0.119 e. The quantitative estimate of drug-likeness (QED) is 0.729. The van der Waals surface area contributed by atoms with Gasteiger partial charge in [-0.25, -0.2) is 0 Å². The SMILES string of the molecule is CCCOc1cccc(C(Br)Cc2ccccn2)c1. The van der Waals surface area contributed by atoms with Crippen LogP contribution in [0.2, 0.25) is 0 Å². The fraction of sp³-hybridized carbons (Fsp3) is 0.312. The highest BCUT2D eigenvalue weighted by Crippen LogP contribution is 2.28. The molecule has 2 aromatic rings. The molecule has 100 valence electrons. The predicted molar refractivity (Wildman–Crippen MR) is 81.8 cm³/mol. The van der Waals surface area contributed by atoms with E-state index in [9.17, 15) is 0 Å². The average molecular weight is 320 g/mol. The lowest BCUT2D eigenvalue weighted by Crippen LogP contribution is -1.99. The molecule has 0 N–H and O–H groups in total. The van der Waals surface area contributed by atoms with Crippen LogP contribution in [0.15, 0.2) is 48.7 Å². The highest BCUT2D eigenvalue weighted by Gasteiger charge is 2.10. The van der Waals surface area contributed by atoms with E-state index in [1.807, 2.05) is 36.5 Å². The normalized spacial score (nSPS) is 12.1. The molecule has 1 aromatic heterocycles. The van der Waals surface area contributed by atoms with E-state index in [-0.39, 0.29) is 4.83 Å².